The number of amides is 1. The van der Waals surface area contributed by atoms with Gasteiger partial charge in [-0.25, -0.2) is 4.98 Å². The van der Waals surface area contributed by atoms with Gasteiger partial charge in [0.05, 0.1) is 12.6 Å². The number of carbonyl (C=O) groups excluding carboxylic acids is 1. The van der Waals surface area contributed by atoms with Crippen LogP contribution in [0.15, 0.2) is 10.6 Å². The van der Waals surface area contributed by atoms with Crippen molar-refractivity contribution >= 4 is 11.7 Å². The van der Waals surface area contributed by atoms with Crippen molar-refractivity contribution in [3.05, 3.63) is 23.5 Å². The lowest BCUT2D eigenvalue weighted by Gasteiger charge is -2.35. The van der Waals surface area contributed by atoms with E-state index in [2.05, 4.69) is 30.6 Å². The maximum atomic E-state index is 12.4. The van der Waals surface area contributed by atoms with E-state index in [4.69, 9.17) is 9.26 Å². The molecule has 1 fully saturated rings. The predicted molar refractivity (Wildman–Crippen MR) is 90.1 cm³/mol. The van der Waals surface area contributed by atoms with Crippen LogP contribution in [0.4, 0.5) is 5.82 Å². The lowest BCUT2D eigenvalue weighted by Crippen LogP contribution is -2.48. The summed E-state index contributed by atoms with van der Waals surface area (Å²) in [4.78, 5) is 19.0. The number of nitrogens with one attached hydrogen (secondary N) is 2. The maximum Gasteiger partial charge on any atom is 0.242 e. The molecule has 1 aliphatic rings. The molecule has 0 unspecified atom stereocenters. The third-order valence-corrected chi connectivity index (χ3v) is 4.25. The molecule has 0 bridgehead atoms. The van der Waals surface area contributed by atoms with E-state index < -0.39 is 0 Å². The van der Waals surface area contributed by atoms with Crippen molar-refractivity contribution in [1.29, 1.82) is 0 Å². The molecule has 2 aromatic rings. The Labute approximate surface area is 146 Å². The summed E-state index contributed by atoms with van der Waals surface area (Å²) in [5, 5.41) is 13.7. The van der Waals surface area contributed by atoms with E-state index in [0.717, 1.165) is 5.82 Å². The Morgan fingerprint density at radius 2 is 2.24 bits per heavy atom. The minimum atomic E-state index is -0.323. The third-order valence-electron chi connectivity index (χ3n) is 4.25. The fourth-order valence-electron chi connectivity index (χ4n) is 2.70. The first-order chi connectivity index (χ1) is 11.9. The van der Waals surface area contributed by atoms with Crippen LogP contribution in [0.5, 0.6) is 0 Å². The van der Waals surface area contributed by atoms with Gasteiger partial charge in [-0.15, -0.1) is 0 Å². The minimum Gasteiger partial charge on any atom is -0.368 e. The molecule has 3 heterocycles. The van der Waals surface area contributed by atoms with Gasteiger partial charge in [-0.3, -0.25) is 14.8 Å². The summed E-state index contributed by atoms with van der Waals surface area (Å²) in [6, 6.07) is 1.37. The van der Waals surface area contributed by atoms with E-state index in [1.165, 1.54) is 0 Å². The summed E-state index contributed by atoms with van der Waals surface area (Å²) >= 11 is 0. The van der Waals surface area contributed by atoms with Gasteiger partial charge < -0.3 is 14.6 Å². The van der Waals surface area contributed by atoms with Gasteiger partial charge in [-0.1, -0.05) is 19.0 Å². The second-order valence-corrected chi connectivity index (χ2v) is 6.58. The van der Waals surface area contributed by atoms with Crippen LogP contribution >= 0.6 is 0 Å². The number of ether oxygens (including phenoxy) is 1. The molecule has 2 atom stereocenters. The number of nitrogens with zero attached hydrogens (tertiary/aromatic N) is 4. The lowest BCUT2D eigenvalue weighted by atomic mass is 10.2. The van der Waals surface area contributed by atoms with Crippen molar-refractivity contribution in [1.82, 2.24) is 25.2 Å². The number of carbonyl (C=O) groups is 1. The average molecular weight is 348 g/mol. The van der Waals surface area contributed by atoms with Crippen molar-refractivity contribution in [2.45, 2.75) is 45.8 Å². The van der Waals surface area contributed by atoms with Crippen molar-refractivity contribution in [3.8, 4) is 0 Å². The van der Waals surface area contributed by atoms with E-state index in [1.54, 1.807) is 13.0 Å². The van der Waals surface area contributed by atoms with Gasteiger partial charge in [0.2, 0.25) is 5.91 Å². The van der Waals surface area contributed by atoms with Gasteiger partial charge in [0, 0.05) is 25.1 Å². The van der Waals surface area contributed by atoms with E-state index in [0.29, 0.717) is 37.1 Å². The number of aromatic nitrogens is 4. The highest BCUT2D eigenvalue weighted by atomic mass is 16.5. The van der Waals surface area contributed by atoms with Crippen LogP contribution in [-0.2, 0) is 9.53 Å². The van der Waals surface area contributed by atoms with Crippen molar-refractivity contribution in [2.75, 3.05) is 25.0 Å². The van der Waals surface area contributed by atoms with Crippen LogP contribution in [0.1, 0.15) is 50.2 Å². The second-order valence-electron chi connectivity index (χ2n) is 6.58. The summed E-state index contributed by atoms with van der Waals surface area (Å²) in [5.74, 6) is 2.67. The van der Waals surface area contributed by atoms with Gasteiger partial charge in [0.25, 0.3) is 0 Å². The summed E-state index contributed by atoms with van der Waals surface area (Å²) in [6.07, 6.45) is -0.224. The molecule has 9 nitrogen and oxygen atoms in total. The first-order valence-corrected chi connectivity index (χ1v) is 8.46. The van der Waals surface area contributed by atoms with Gasteiger partial charge in [0.1, 0.15) is 11.9 Å². The molecular formula is C16H24N6O3. The first-order valence-electron chi connectivity index (χ1n) is 8.46. The second kappa shape index (κ2) is 7.32. The average Bonchev–Trinajstić information content (AvgIpc) is 3.23. The summed E-state index contributed by atoms with van der Waals surface area (Å²) in [5.41, 5.74) is 0. The number of aryl methyl sites for hydroxylation is 1. The zero-order chi connectivity index (χ0) is 18.0. The molecule has 1 aliphatic heterocycles. The molecule has 0 aliphatic carbocycles. The van der Waals surface area contributed by atoms with E-state index in [9.17, 15) is 4.79 Å². The molecule has 1 saturated heterocycles. The summed E-state index contributed by atoms with van der Waals surface area (Å²) < 4.78 is 10.8. The maximum absolute atomic E-state index is 12.4. The fraction of sp³-hybridized carbons (Fsp3) is 0.625. The highest BCUT2D eigenvalue weighted by molar-refractivity contribution is 5.93. The number of anilines is 1. The SMILES string of the molecule is Cc1cc(NC(=O)[C@@H](C)N2CCO[C@H](c3nc(C(C)C)n[nH]3)C2)no1. The number of morpholine rings is 1. The first kappa shape index (κ1) is 17.6. The van der Waals surface area contributed by atoms with Gasteiger partial charge in [-0.05, 0) is 13.8 Å². The molecule has 1 amide bonds. The minimum absolute atomic E-state index is 0.130. The molecule has 136 valence electrons. The molecule has 0 aromatic carbocycles. The Morgan fingerprint density at radius 1 is 1.44 bits per heavy atom. The quantitative estimate of drug-likeness (QED) is 0.845. The molecular weight excluding hydrogens is 324 g/mol. The molecule has 9 heteroatoms. The fourth-order valence-corrected chi connectivity index (χ4v) is 2.70. The number of hydrogen-bond donors (Lipinski definition) is 2. The van der Waals surface area contributed by atoms with E-state index in [1.807, 2.05) is 20.8 Å². The molecule has 25 heavy (non-hydrogen) atoms. The molecule has 2 N–H and O–H groups in total. The van der Waals surface area contributed by atoms with Gasteiger partial charge in [0.15, 0.2) is 17.5 Å². The normalized spacial score (nSPS) is 20.0. The standard InChI is InChI=1S/C16H24N6O3/c1-9(2)14-18-15(20-19-14)12-8-22(5-6-24-12)11(4)16(23)17-13-7-10(3)25-21-13/h7,9,11-12H,5-6,8H2,1-4H3,(H,17,21,23)(H,18,19,20)/t11-,12+/m1/s1. The predicted octanol–water partition coefficient (Wildman–Crippen LogP) is 1.63. The highest BCUT2D eigenvalue weighted by Gasteiger charge is 2.30. The molecule has 3 rings (SSSR count). The van der Waals surface area contributed by atoms with Crippen molar-refractivity contribution in [2.24, 2.45) is 0 Å². The van der Waals surface area contributed by atoms with Crippen molar-refractivity contribution in [3.63, 3.8) is 0 Å². The van der Waals surface area contributed by atoms with Crippen LogP contribution < -0.4 is 5.32 Å². The Balaban J connectivity index is 1.62. The number of aromatic amines is 1. The zero-order valence-corrected chi connectivity index (χ0v) is 14.9. The topological polar surface area (TPSA) is 109 Å². The Kier molecular flexibility index (Phi) is 5.14. The highest BCUT2D eigenvalue weighted by Crippen LogP contribution is 2.22. The van der Waals surface area contributed by atoms with Crippen molar-refractivity contribution < 1.29 is 14.1 Å². The summed E-state index contributed by atoms with van der Waals surface area (Å²) in [7, 11) is 0. The molecule has 0 radical (unpaired) electrons. The molecule has 0 spiro atoms. The van der Waals surface area contributed by atoms with Crippen LogP contribution in [0.25, 0.3) is 0 Å². The van der Waals surface area contributed by atoms with E-state index >= 15 is 0 Å². The van der Waals surface area contributed by atoms with E-state index in [-0.39, 0.29) is 24.0 Å². The zero-order valence-electron chi connectivity index (χ0n) is 14.9. The monoisotopic (exact) mass is 348 g/mol. The molecule has 0 saturated carbocycles. The Morgan fingerprint density at radius 3 is 2.88 bits per heavy atom. The lowest BCUT2D eigenvalue weighted by molar-refractivity contribution is -0.124. The van der Waals surface area contributed by atoms with Gasteiger partial charge in [-0.2, -0.15) is 5.10 Å². The van der Waals surface area contributed by atoms with Crippen LogP contribution in [0, 0.1) is 6.92 Å². The van der Waals surface area contributed by atoms with Crippen LogP contribution in [0.3, 0.4) is 0 Å². The van der Waals surface area contributed by atoms with Crippen LogP contribution in [-0.4, -0.2) is 56.9 Å². The molecule has 2 aromatic heterocycles. The number of H-pyrrole nitrogens is 1. The number of rotatable bonds is 5. The van der Waals surface area contributed by atoms with Crippen LogP contribution in [0.2, 0.25) is 0 Å². The summed E-state index contributed by atoms with van der Waals surface area (Å²) in [6.45, 7) is 9.50. The van der Waals surface area contributed by atoms with Gasteiger partial charge >= 0.3 is 0 Å². The Bertz CT molecular complexity index is 725. The third kappa shape index (κ3) is 4.05. The largest absolute Gasteiger partial charge is 0.368 e. The Hall–Kier alpha value is -2.26. The smallest absolute Gasteiger partial charge is 0.242 e. The number of hydrogen-bond acceptors (Lipinski definition) is 7.